The van der Waals surface area contributed by atoms with Crippen LogP contribution in [-0.2, 0) is 10.2 Å². The first-order valence-corrected chi connectivity index (χ1v) is 11.0. The first-order valence-electron chi connectivity index (χ1n) is 8.74. The van der Waals surface area contributed by atoms with Crippen molar-refractivity contribution in [2.24, 2.45) is 0 Å². The topological polar surface area (TPSA) is 99.8 Å². The van der Waals surface area contributed by atoms with Gasteiger partial charge in [0.05, 0.1) is 17.4 Å². The maximum absolute atomic E-state index is 12.7. The number of pyridine rings is 1. The predicted molar refractivity (Wildman–Crippen MR) is 108 cm³/mol. The number of nitrogen functional groups attached to an aromatic ring is 1. The molecule has 0 saturated carbocycles. The molecule has 1 aliphatic heterocycles. The van der Waals surface area contributed by atoms with Gasteiger partial charge in [-0.2, -0.15) is 17.0 Å². The number of nitrogens with two attached hydrogens (primary N) is 1. The summed E-state index contributed by atoms with van der Waals surface area (Å²) >= 11 is 1.25. The van der Waals surface area contributed by atoms with Crippen LogP contribution in [0.25, 0.3) is 10.2 Å². The van der Waals surface area contributed by atoms with E-state index in [0.717, 1.165) is 24.6 Å². The highest BCUT2D eigenvalue weighted by atomic mass is 32.2. The van der Waals surface area contributed by atoms with Crippen molar-refractivity contribution < 1.29 is 13.2 Å². The fraction of sp³-hybridized carbons (Fsp3) is 0.529. The van der Waals surface area contributed by atoms with Crippen LogP contribution in [0.2, 0.25) is 0 Å². The third kappa shape index (κ3) is 3.54. The number of carbonyl (C=O) groups is 1. The van der Waals surface area contributed by atoms with Gasteiger partial charge < -0.3 is 10.6 Å². The van der Waals surface area contributed by atoms with Crippen molar-refractivity contribution in [2.45, 2.75) is 25.3 Å². The van der Waals surface area contributed by atoms with Crippen LogP contribution in [0.4, 0.5) is 5.69 Å². The van der Waals surface area contributed by atoms with Crippen LogP contribution in [0.1, 0.15) is 40.7 Å². The Labute approximate surface area is 163 Å². The Bertz CT molecular complexity index is 968. The summed E-state index contributed by atoms with van der Waals surface area (Å²) in [5, 5.41) is 0.728. The van der Waals surface area contributed by atoms with Crippen LogP contribution in [-0.4, -0.2) is 67.6 Å². The van der Waals surface area contributed by atoms with Gasteiger partial charge in [-0.3, -0.25) is 4.79 Å². The van der Waals surface area contributed by atoms with Gasteiger partial charge in [-0.05, 0) is 25.0 Å². The molecule has 1 unspecified atom stereocenters. The molecule has 1 aliphatic rings. The molecular weight excluding hydrogens is 386 g/mol. The fourth-order valence-electron chi connectivity index (χ4n) is 3.25. The van der Waals surface area contributed by atoms with Crippen molar-refractivity contribution >= 4 is 43.4 Å². The zero-order valence-electron chi connectivity index (χ0n) is 16.0. The van der Waals surface area contributed by atoms with Gasteiger partial charge in [0, 0.05) is 40.1 Å². The maximum Gasteiger partial charge on any atom is 0.282 e. The Balaban J connectivity index is 2.04. The monoisotopic (exact) mass is 411 g/mol. The lowest BCUT2D eigenvalue weighted by Crippen LogP contribution is -2.44. The van der Waals surface area contributed by atoms with E-state index in [1.165, 1.54) is 38.9 Å². The van der Waals surface area contributed by atoms with E-state index in [1.54, 1.807) is 14.1 Å². The molecule has 0 aromatic carbocycles. The normalized spacial score (nSPS) is 18.9. The Hall–Kier alpha value is -1.75. The smallest absolute Gasteiger partial charge is 0.282 e. The van der Waals surface area contributed by atoms with Crippen molar-refractivity contribution in [1.82, 2.24) is 18.5 Å². The van der Waals surface area contributed by atoms with E-state index in [2.05, 4.69) is 4.98 Å². The second-order valence-electron chi connectivity index (χ2n) is 7.05. The molecule has 148 valence electrons. The summed E-state index contributed by atoms with van der Waals surface area (Å²) in [6.45, 7) is 0.474. The second-order valence-corrected chi connectivity index (χ2v) is 10.1. The van der Waals surface area contributed by atoms with E-state index < -0.39 is 10.2 Å². The zero-order valence-corrected chi connectivity index (χ0v) is 17.6. The third-order valence-corrected chi connectivity index (χ3v) is 7.82. The van der Waals surface area contributed by atoms with Gasteiger partial charge in [-0.25, -0.2) is 4.98 Å². The Morgan fingerprint density at radius 1 is 1.26 bits per heavy atom. The molecule has 0 spiro atoms. The molecule has 10 heteroatoms. The summed E-state index contributed by atoms with van der Waals surface area (Å²) < 4.78 is 28.2. The number of amides is 1. The highest BCUT2D eigenvalue weighted by molar-refractivity contribution is 7.86. The Morgan fingerprint density at radius 2 is 1.96 bits per heavy atom. The number of nitrogens with zero attached hydrogens (tertiary/aromatic N) is 4. The summed E-state index contributed by atoms with van der Waals surface area (Å²) in [4.78, 5) is 19.6. The van der Waals surface area contributed by atoms with Crippen LogP contribution in [0.15, 0.2) is 12.1 Å². The molecule has 1 saturated heterocycles. The highest BCUT2D eigenvalue weighted by Crippen LogP contribution is 2.37. The number of fused-ring (bicyclic) bond motifs is 1. The first kappa shape index (κ1) is 20.0. The maximum atomic E-state index is 12.7. The summed E-state index contributed by atoms with van der Waals surface area (Å²) in [6.07, 6.45) is 2.50. The molecule has 0 radical (unpaired) electrons. The molecule has 0 aliphatic carbocycles. The summed E-state index contributed by atoms with van der Waals surface area (Å²) in [5.41, 5.74) is 7.27. The van der Waals surface area contributed by atoms with Crippen LogP contribution >= 0.6 is 11.3 Å². The molecule has 2 aromatic rings. The second kappa shape index (κ2) is 7.34. The molecule has 27 heavy (non-hydrogen) atoms. The summed E-state index contributed by atoms with van der Waals surface area (Å²) in [7, 11) is 2.90. The molecule has 2 aromatic heterocycles. The van der Waals surface area contributed by atoms with Crippen molar-refractivity contribution in [3.63, 3.8) is 0 Å². The molecule has 2 N–H and O–H groups in total. The number of carbonyl (C=O) groups excluding carboxylic acids is 1. The van der Waals surface area contributed by atoms with E-state index in [9.17, 15) is 13.2 Å². The fourth-order valence-corrected chi connectivity index (χ4v) is 5.68. The SMILES string of the molecule is CN(C)C(=O)c1sc2nc(C3CCCCN3S(=O)(=O)N(C)C)ccc2c1N. The Kier molecular flexibility index (Phi) is 5.44. The minimum atomic E-state index is -3.53. The molecule has 0 bridgehead atoms. The molecule has 3 rings (SSSR count). The minimum absolute atomic E-state index is 0.161. The molecule has 8 nitrogen and oxygen atoms in total. The van der Waals surface area contributed by atoms with E-state index in [1.807, 2.05) is 12.1 Å². The van der Waals surface area contributed by atoms with Crippen molar-refractivity contribution in [1.29, 1.82) is 0 Å². The van der Waals surface area contributed by atoms with Crippen molar-refractivity contribution in [3.8, 4) is 0 Å². The largest absolute Gasteiger partial charge is 0.397 e. The summed E-state index contributed by atoms with van der Waals surface area (Å²) in [5.74, 6) is -0.161. The van der Waals surface area contributed by atoms with Gasteiger partial charge in [0.2, 0.25) is 0 Å². The van der Waals surface area contributed by atoms with Crippen LogP contribution < -0.4 is 5.73 Å². The van der Waals surface area contributed by atoms with Gasteiger partial charge in [-0.1, -0.05) is 6.42 Å². The quantitative estimate of drug-likeness (QED) is 0.828. The average Bonchev–Trinajstić information content (AvgIpc) is 2.96. The molecule has 1 amide bonds. The molecule has 1 atom stereocenters. The van der Waals surface area contributed by atoms with Crippen molar-refractivity contribution in [2.75, 3.05) is 40.5 Å². The van der Waals surface area contributed by atoms with Gasteiger partial charge >= 0.3 is 0 Å². The number of hydrogen-bond acceptors (Lipinski definition) is 6. The minimum Gasteiger partial charge on any atom is -0.397 e. The van der Waals surface area contributed by atoms with Gasteiger partial charge in [0.15, 0.2) is 0 Å². The summed E-state index contributed by atoms with van der Waals surface area (Å²) in [6, 6.07) is 3.35. The zero-order chi connectivity index (χ0) is 19.9. The number of thiophene rings is 1. The standard InChI is InChI=1S/C17H25N5O3S2/c1-20(2)17(23)15-14(18)11-8-9-12(19-16(11)26-15)13-7-5-6-10-22(13)27(24,25)21(3)4/h8-9,13H,5-7,10,18H2,1-4H3. The van der Waals surface area contributed by atoms with Crippen LogP contribution in [0, 0.1) is 0 Å². The molecular formula is C17H25N5O3S2. The van der Waals surface area contributed by atoms with Gasteiger partial charge in [0.1, 0.15) is 9.71 Å². The number of hydrogen-bond donors (Lipinski definition) is 1. The van der Waals surface area contributed by atoms with Crippen LogP contribution in [0.3, 0.4) is 0 Å². The predicted octanol–water partition coefficient (Wildman–Crippen LogP) is 1.91. The van der Waals surface area contributed by atoms with E-state index in [-0.39, 0.29) is 11.9 Å². The number of piperidine rings is 1. The lowest BCUT2D eigenvalue weighted by atomic mass is 10.0. The average molecular weight is 412 g/mol. The Morgan fingerprint density at radius 3 is 2.59 bits per heavy atom. The number of rotatable bonds is 4. The third-order valence-electron chi connectivity index (χ3n) is 4.77. The van der Waals surface area contributed by atoms with Gasteiger partial charge in [-0.15, -0.1) is 11.3 Å². The van der Waals surface area contributed by atoms with E-state index in [4.69, 9.17) is 5.73 Å². The van der Waals surface area contributed by atoms with E-state index >= 15 is 0 Å². The lowest BCUT2D eigenvalue weighted by Gasteiger charge is -2.35. The highest BCUT2D eigenvalue weighted by Gasteiger charge is 2.35. The van der Waals surface area contributed by atoms with Crippen molar-refractivity contribution in [3.05, 3.63) is 22.7 Å². The van der Waals surface area contributed by atoms with E-state index in [0.29, 0.717) is 27.6 Å². The van der Waals surface area contributed by atoms with Gasteiger partial charge in [0.25, 0.3) is 16.1 Å². The molecule has 3 heterocycles. The number of anilines is 1. The number of aromatic nitrogens is 1. The van der Waals surface area contributed by atoms with Crippen LogP contribution in [0.5, 0.6) is 0 Å². The lowest BCUT2D eigenvalue weighted by molar-refractivity contribution is 0.0833. The first-order chi connectivity index (χ1) is 12.6. The molecule has 1 fully saturated rings.